The minimum Gasteiger partial charge on any atom is -0.466 e. The van der Waals surface area contributed by atoms with Gasteiger partial charge in [0.2, 0.25) is 5.89 Å². The molecule has 0 bridgehead atoms. The molecule has 0 spiro atoms. The number of nitrogens with one attached hydrogen (secondary N) is 1. The van der Waals surface area contributed by atoms with E-state index in [1.165, 1.54) is 25.3 Å². The molecule has 1 aromatic carbocycles. The summed E-state index contributed by atoms with van der Waals surface area (Å²) in [5.74, 6) is 0.632. The van der Waals surface area contributed by atoms with Crippen molar-refractivity contribution >= 4 is 23.4 Å². The van der Waals surface area contributed by atoms with Crippen LogP contribution in [0, 0.1) is 24.0 Å². The monoisotopic (exact) mass is 331 g/mol. The fourth-order valence-electron chi connectivity index (χ4n) is 1.97. The SMILES string of the molecule is COC(=O)/C=C/c1ccc(NCc2nc(C)c(C)o2)c([N+](=O)[O-])c1. The van der Waals surface area contributed by atoms with Gasteiger partial charge in [-0.25, -0.2) is 9.78 Å². The molecule has 0 radical (unpaired) electrons. The maximum Gasteiger partial charge on any atom is 0.330 e. The largest absolute Gasteiger partial charge is 0.466 e. The van der Waals surface area contributed by atoms with Crippen LogP contribution in [0.25, 0.3) is 6.08 Å². The number of hydrogen-bond donors (Lipinski definition) is 1. The normalized spacial score (nSPS) is 10.8. The van der Waals surface area contributed by atoms with Gasteiger partial charge < -0.3 is 14.5 Å². The van der Waals surface area contributed by atoms with E-state index in [0.29, 0.717) is 22.9 Å². The smallest absolute Gasteiger partial charge is 0.330 e. The molecule has 1 N–H and O–H groups in total. The Balaban J connectivity index is 2.18. The first-order valence-electron chi connectivity index (χ1n) is 7.12. The molecule has 126 valence electrons. The first-order chi connectivity index (χ1) is 11.4. The Morgan fingerprint density at radius 3 is 2.79 bits per heavy atom. The van der Waals surface area contributed by atoms with Crippen LogP contribution in [0.2, 0.25) is 0 Å². The number of aromatic nitrogens is 1. The van der Waals surface area contributed by atoms with E-state index in [1.807, 2.05) is 6.92 Å². The zero-order valence-corrected chi connectivity index (χ0v) is 13.5. The van der Waals surface area contributed by atoms with E-state index < -0.39 is 10.9 Å². The van der Waals surface area contributed by atoms with Gasteiger partial charge in [0.25, 0.3) is 5.69 Å². The average Bonchev–Trinajstić information content (AvgIpc) is 2.89. The fourth-order valence-corrected chi connectivity index (χ4v) is 1.97. The standard InChI is InChI=1S/C16H17N3O5/c1-10-11(2)24-15(18-10)9-17-13-6-4-12(5-7-16(20)23-3)8-14(13)19(21)22/h4-8,17H,9H2,1-3H3/b7-5+. The van der Waals surface area contributed by atoms with E-state index >= 15 is 0 Å². The summed E-state index contributed by atoms with van der Waals surface area (Å²) in [4.78, 5) is 26.1. The first kappa shape index (κ1) is 17.2. The molecule has 0 unspecified atom stereocenters. The number of hydrogen-bond acceptors (Lipinski definition) is 7. The third kappa shape index (κ3) is 4.19. The third-order valence-electron chi connectivity index (χ3n) is 3.33. The number of nitro groups is 1. The highest BCUT2D eigenvalue weighted by Gasteiger charge is 2.15. The molecule has 24 heavy (non-hydrogen) atoms. The minimum absolute atomic E-state index is 0.109. The number of oxazole rings is 1. The van der Waals surface area contributed by atoms with Crippen LogP contribution in [0.15, 0.2) is 28.7 Å². The van der Waals surface area contributed by atoms with Crippen LogP contribution in [0.5, 0.6) is 0 Å². The zero-order chi connectivity index (χ0) is 17.7. The molecule has 8 nitrogen and oxygen atoms in total. The number of aryl methyl sites for hydroxylation is 2. The second-order valence-electron chi connectivity index (χ2n) is 4.99. The van der Waals surface area contributed by atoms with Crippen molar-refractivity contribution in [2.75, 3.05) is 12.4 Å². The van der Waals surface area contributed by atoms with E-state index in [1.54, 1.807) is 19.1 Å². The molecule has 1 heterocycles. The molecular formula is C16H17N3O5. The number of nitrogens with zero attached hydrogens (tertiary/aromatic N) is 2. The summed E-state index contributed by atoms with van der Waals surface area (Å²) in [6.45, 7) is 3.86. The van der Waals surface area contributed by atoms with Crippen LogP contribution >= 0.6 is 0 Å². The summed E-state index contributed by atoms with van der Waals surface area (Å²) >= 11 is 0. The lowest BCUT2D eigenvalue weighted by Gasteiger charge is -2.06. The molecular weight excluding hydrogens is 314 g/mol. The Bertz CT molecular complexity index is 776. The molecule has 2 aromatic rings. The Hall–Kier alpha value is -3.16. The summed E-state index contributed by atoms with van der Waals surface area (Å²) in [6.07, 6.45) is 2.65. The second-order valence-corrected chi connectivity index (χ2v) is 4.99. The molecule has 0 aliphatic carbocycles. The zero-order valence-electron chi connectivity index (χ0n) is 13.5. The van der Waals surface area contributed by atoms with Gasteiger partial charge in [-0.3, -0.25) is 10.1 Å². The number of carbonyl (C=O) groups is 1. The van der Waals surface area contributed by atoms with Crippen molar-refractivity contribution in [3.63, 3.8) is 0 Å². The highest BCUT2D eigenvalue weighted by Crippen LogP contribution is 2.26. The van der Waals surface area contributed by atoms with Crippen molar-refractivity contribution in [2.24, 2.45) is 0 Å². The van der Waals surface area contributed by atoms with Crippen LogP contribution in [0.3, 0.4) is 0 Å². The number of nitro benzene ring substituents is 1. The van der Waals surface area contributed by atoms with Gasteiger partial charge in [0.15, 0.2) is 0 Å². The highest BCUT2D eigenvalue weighted by molar-refractivity contribution is 5.87. The van der Waals surface area contributed by atoms with Gasteiger partial charge in [-0.15, -0.1) is 0 Å². The summed E-state index contributed by atoms with van der Waals surface area (Å²) in [7, 11) is 1.26. The second kappa shape index (κ2) is 7.40. The van der Waals surface area contributed by atoms with Gasteiger partial charge in [-0.05, 0) is 31.6 Å². The van der Waals surface area contributed by atoms with E-state index in [4.69, 9.17) is 4.42 Å². The van der Waals surface area contributed by atoms with E-state index in [0.717, 1.165) is 5.69 Å². The van der Waals surface area contributed by atoms with E-state index in [9.17, 15) is 14.9 Å². The number of carbonyl (C=O) groups excluding carboxylic acids is 1. The lowest BCUT2D eigenvalue weighted by Crippen LogP contribution is -2.03. The lowest BCUT2D eigenvalue weighted by molar-refractivity contribution is -0.384. The van der Waals surface area contributed by atoms with E-state index in [-0.39, 0.29) is 12.2 Å². The van der Waals surface area contributed by atoms with Crippen molar-refractivity contribution in [1.29, 1.82) is 0 Å². The number of methoxy groups -OCH3 is 1. The summed E-state index contributed by atoms with van der Waals surface area (Å²) in [5, 5.41) is 14.2. The first-order valence-corrected chi connectivity index (χ1v) is 7.12. The number of anilines is 1. The molecule has 2 rings (SSSR count). The van der Waals surface area contributed by atoms with Crippen molar-refractivity contribution in [3.05, 3.63) is 57.3 Å². The van der Waals surface area contributed by atoms with Crippen molar-refractivity contribution in [2.45, 2.75) is 20.4 Å². The van der Waals surface area contributed by atoms with Crippen molar-refractivity contribution < 1.29 is 18.9 Å². The summed E-state index contributed by atoms with van der Waals surface area (Å²) in [6, 6.07) is 4.59. The van der Waals surface area contributed by atoms with Crippen LogP contribution in [0.1, 0.15) is 22.9 Å². The molecule has 8 heteroatoms. The molecule has 0 saturated heterocycles. The van der Waals surface area contributed by atoms with Gasteiger partial charge in [-0.2, -0.15) is 0 Å². The van der Waals surface area contributed by atoms with E-state index in [2.05, 4.69) is 15.0 Å². The van der Waals surface area contributed by atoms with Gasteiger partial charge in [0, 0.05) is 12.1 Å². The average molecular weight is 331 g/mol. The molecule has 0 aliphatic rings. The maximum absolute atomic E-state index is 11.2. The molecule has 1 aromatic heterocycles. The lowest BCUT2D eigenvalue weighted by atomic mass is 10.1. The molecule has 0 atom stereocenters. The number of ether oxygens (including phenoxy) is 1. The third-order valence-corrected chi connectivity index (χ3v) is 3.33. The maximum atomic E-state index is 11.2. The predicted molar refractivity (Wildman–Crippen MR) is 87.5 cm³/mol. The van der Waals surface area contributed by atoms with Gasteiger partial charge in [-0.1, -0.05) is 6.07 Å². The minimum atomic E-state index is -0.533. The summed E-state index contributed by atoms with van der Waals surface area (Å²) in [5.41, 5.74) is 1.52. The Labute approximate surface area is 138 Å². The molecule has 0 fully saturated rings. The Morgan fingerprint density at radius 1 is 1.46 bits per heavy atom. The Morgan fingerprint density at radius 2 is 2.21 bits per heavy atom. The predicted octanol–water partition coefficient (Wildman–Crippen LogP) is 3.00. The summed E-state index contributed by atoms with van der Waals surface area (Å²) < 4.78 is 9.91. The van der Waals surface area contributed by atoms with Crippen molar-refractivity contribution in [1.82, 2.24) is 4.98 Å². The Kier molecular flexibility index (Phi) is 5.31. The fraction of sp³-hybridized carbons (Fsp3) is 0.250. The quantitative estimate of drug-likeness (QED) is 0.375. The van der Waals surface area contributed by atoms with Crippen LogP contribution in [-0.4, -0.2) is 23.0 Å². The van der Waals surface area contributed by atoms with Crippen LogP contribution in [0.4, 0.5) is 11.4 Å². The van der Waals surface area contributed by atoms with Crippen molar-refractivity contribution in [3.8, 4) is 0 Å². The number of benzene rings is 1. The molecule has 0 amide bonds. The van der Waals surface area contributed by atoms with Crippen LogP contribution in [-0.2, 0) is 16.1 Å². The molecule has 0 saturated carbocycles. The molecule has 0 aliphatic heterocycles. The van der Waals surface area contributed by atoms with Gasteiger partial charge in [0.1, 0.15) is 11.4 Å². The number of rotatable bonds is 6. The van der Waals surface area contributed by atoms with Crippen LogP contribution < -0.4 is 5.32 Å². The van der Waals surface area contributed by atoms with Gasteiger partial charge in [0.05, 0.1) is 24.3 Å². The topological polar surface area (TPSA) is 108 Å². The highest BCUT2D eigenvalue weighted by atomic mass is 16.6. The number of esters is 1. The van der Waals surface area contributed by atoms with Gasteiger partial charge >= 0.3 is 5.97 Å².